The highest BCUT2D eigenvalue weighted by Gasteiger charge is 2.25. The van der Waals surface area contributed by atoms with Crippen LogP contribution in [0.2, 0.25) is 0 Å². The molecule has 1 saturated heterocycles. The molecule has 16 heavy (non-hydrogen) atoms. The Morgan fingerprint density at radius 2 is 2.25 bits per heavy atom. The van der Waals surface area contributed by atoms with Gasteiger partial charge in [-0.15, -0.1) is 0 Å². The van der Waals surface area contributed by atoms with Crippen LogP contribution < -0.4 is 5.32 Å². The van der Waals surface area contributed by atoms with Gasteiger partial charge in [-0.2, -0.15) is 11.8 Å². The van der Waals surface area contributed by atoms with Crippen molar-refractivity contribution in [3.63, 3.8) is 0 Å². The first-order chi connectivity index (χ1) is 7.74. The van der Waals surface area contributed by atoms with Gasteiger partial charge in [0.1, 0.15) is 0 Å². The molecule has 0 aromatic heterocycles. The maximum atomic E-state index is 5.58. The molecule has 1 N–H and O–H groups in total. The quantitative estimate of drug-likeness (QED) is 0.735. The van der Waals surface area contributed by atoms with E-state index < -0.39 is 0 Å². The summed E-state index contributed by atoms with van der Waals surface area (Å²) in [5.41, 5.74) is 0. The van der Waals surface area contributed by atoms with E-state index in [-0.39, 0.29) is 0 Å². The average Bonchev–Trinajstić information content (AvgIpc) is 2.27. The summed E-state index contributed by atoms with van der Waals surface area (Å²) in [6.07, 6.45) is 2.38. The summed E-state index contributed by atoms with van der Waals surface area (Å²) >= 11 is 2.06. The summed E-state index contributed by atoms with van der Waals surface area (Å²) in [4.78, 5) is 2.24. The van der Waals surface area contributed by atoms with Gasteiger partial charge in [-0.25, -0.2) is 0 Å². The molecule has 1 heterocycles. The summed E-state index contributed by atoms with van der Waals surface area (Å²) in [6.45, 7) is 6.35. The Kier molecular flexibility index (Phi) is 7.45. The Labute approximate surface area is 104 Å². The van der Waals surface area contributed by atoms with Gasteiger partial charge in [-0.05, 0) is 33.5 Å². The van der Waals surface area contributed by atoms with Gasteiger partial charge in [0.05, 0.1) is 6.61 Å². The fourth-order valence-corrected chi connectivity index (χ4v) is 3.26. The first-order valence-corrected chi connectivity index (χ1v) is 7.36. The molecule has 2 atom stereocenters. The molecule has 1 rings (SSSR count). The van der Waals surface area contributed by atoms with Crippen LogP contribution in [0.1, 0.15) is 19.8 Å². The van der Waals surface area contributed by atoms with Crippen molar-refractivity contribution < 1.29 is 4.74 Å². The molecule has 1 fully saturated rings. The van der Waals surface area contributed by atoms with E-state index in [4.69, 9.17) is 4.74 Å². The highest BCUT2D eigenvalue weighted by molar-refractivity contribution is 8.00. The van der Waals surface area contributed by atoms with E-state index in [2.05, 4.69) is 43.0 Å². The smallest absolute Gasteiger partial charge is 0.0600 e. The number of ether oxygens (including phenoxy) is 1. The molecule has 1 aliphatic heterocycles. The van der Waals surface area contributed by atoms with Crippen LogP contribution in [0.25, 0.3) is 0 Å². The van der Waals surface area contributed by atoms with Crippen LogP contribution >= 0.6 is 11.8 Å². The molecule has 0 bridgehead atoms. The van der Waals surface area contributed by atoms with Gasteiger partial charge in [-0.3, -0.25) is 0 Å². The molecule has 4 heteroatoms. The number of thioether (sulfide) groups is 1. The number of rotatable bonds is 7. The van der Waals surface area contributed by atoms with Gasteiger partial charge in [0, 0.05) is 30.2 Å². The van der Waals surface area contributed by atoms with Crippen LogP contribution in [0.4, 0.5) is 0 Å². The van der Waals surface area contributed by atoms with E-state index in [1.807, 2.05) is 0 Å². The van der Waals surface area contributed by atoms with Crippen molar-refractivity contribution in [1.29, 1.82) is 0 Å². The van der Waals surface area contributed by atoms with Crippen molar-refractivity contribution in [3.8, 4) is 0 Å². The second-order valence-corrected chi connectivity index (χ2v) is 5.98. The molecule has 96 valence electrons. The Hall–Kier alpha value is 0.230. The van der Waals surface area contributed by atoms with Crippen molar-refractivity contribution >= 4 is 11.8 Å². The lowest BCUT2D eigenvalue weighted by Gasteiger charge is -2.32. The molecular formula is C12H26N2OS. The van der Waals surface area contributed by atoms with Crippen molar-refractivity contribution in [2.24, 2.45) is 0 Å². The molecule has 1 aliphatic rings. The van der Waals surface area contributed by atoms with Gasteiger partial charge in [0.15, 0.2) is 0 Å². The molecule has 0 aromatic carbocycles. The topological polar surface area (TPSA) is 24.5 Å². The van der Waals surface area contributed by atoms with Crippen molar-refractivity contribution in [3.05, 3.63) is 0 Å². The van der Waals surface area contributed by atoms with E-state index in [0.717, 1.165) is 26.3 Å². The Morgan fingerprint density at radius 1 is 1.44 bits per heavy atom. The van der Waals surface area contributed by atoms with Crippen LogP contribution in [0, 0.1) is 0 Å². The minimum absolute atomic E-state index is 0.639. The molecule has 0 aromatic rings. The lowest BCUT2D eigenvalue weighted by Crippen LogP contribution is -2.45. The zero-order chi connectivity index (χ0) is 11.8. The van der Waals surface area contributed by atoms with Gasteiger partial charge >= 0.3 is 0 Å². The average molecular weight is 246 g/mol. The number of hydrogen-bond acceptors (Lipinski definition) is 4. The Balaban J connectivity index is 2.23. The maximum absolute atomic E-state index is 5.58. The molecular weight excluding hydrogens is 220 g/mol. The minimum Gasteiger partial charge on any atom is -0.380 e. The number of nitrogens with one attached hydrogen (secondary N) is 1. The van der Waals surface area contributed by atoms with Gasteiger partial charge in [-0.1, -0.05) is 6.92 Å². The van der Waals surface area contributed by atoms with Crippen LogP contribution in [-0.2, 0) is 4.74 Å². The predicted molar refractivity (Wildman–Crippen MR) is 72.3 cm³/mol. The van der Waals surface area contributed by atoms with E-state index in [1.54, 1.807) is 0 Å². The van der Waals surface area contributed by atoms with Crippen molar-refractivity contribution in [1.82, 2.24) is 10.2 Å². The fourth-order valence-electron chi connectivity index (χ4n) is 1.83. The minimum atomic E-state index is 0.639. The SMILES string of the molecule is CCCNC1CCOCC1SCCN(C)C. The molecule has 0 amide bonds. The Morgan fingerprint density at radius 3 is 2.94 bits per heavy atom. The van der Waals surface area contributed by atoms with E-state index >= 15 is 0 Å². The van der Waals surface area contributed by atoms with Crippen LogP contribution in [0.15, 0.2) is 0 Å². The van der Waals surface area contributed by atoms with Crippen LogP contribution in [-0.4, -0.2) is 62.3 Å². The third-order valence-corrected chi connectivity index (χ3v) is 4.14. The van der Waals surface area contributed by atoms with E-state index in [0.29, 0.717) is 11.3 Å². The first-order valence-electron chi connectivity index (χ1n) is 6.31. The molecule has 2 unspecified atom stereocenters. The summed E-state index contributed by atoms with van der Waals surface area (Å²) in [5, 5.41) is 4.28. The highest BCUT2D eigenvalue weighted by Crippen LogP contribution is 2.21. The largest absolute Gasteiger partial charge is 0.380 e. The van der Waals surface area contributed by atoms with Crippen molar-refractivity contribution in [2.45, 2.75) is 31.1 Å². The lowest BCUT2D eigenvalue weighted by atomic mass is 10.1. The van der Waals surface area contributed by atoms with Crippen molar-refractivity contribution in [2.75, 3.05) is 46.2 Å². The summed E-state index contributed by atoms with van der Waals surface area (Å²) in [5.74, 6) is 1.20. The standard InChI is InChI=1S/C12H26N2OS/c1-4-6-13-11-5-8-15-10-12(11)16-9-7-14(2)3/h11-13H,4-10H2,1-3H3. The second-order valence-electron chi connectivity index (χ2n) is 4.64. The highest BCUT2D eigenvalue weighted by atomic mass is 32.2. The monoisotopic (exact) mass is 246 g/mol. The van der Waals surface area contributed by atoms with Gasteiger partial charge in [0.25, 0.3) is 0 Å². The first kappa shape index (κ1) is 14.3. The zero-order valence-corrected chi connectivity index (χ0v) is 11.7. The summed E-state index contributed by atoms with van der Waals surface area (Å²) in [6, 6.07) is 0.654. The summed E-state index contributed by atoms with van der Waals surface area (Å²) < 4.78 is 5.58. The third kappa shape index (κ3) is 5.53. The van der Waals surface area contributed by atoms with Crippen LogP contribution in [0.3, 0.4) is 0 Å². The van der Waals surface area contributed by atoms with Crippen LogP contribution in [0.5, 0.6) is 0 Å². The van der Waals surface area contributed by atoms with E-state index in [9.17, 15) is 0 Å². The lowest BCUT2D eigenvalue weighted by molar-refractivity contribution is 0.0833. The molecule has 0 saturated carbocycles. The summed E-state index contributed by atoms with van der Waals surface area (Å²) in [7, 11) is 4.26. The van der Waals surface area contributed by atoms with E-state index in [1.165, 1.54) is 18.6 Å². The molecule has 0 aliphatic carbocycles. The van der Waals surface area contributed by atoms with Gasteiger partial charge in [0.2, 0.25) is 0 Å². The fraction of sp³-hybridized carbons (Fsp3) is 1.00. The normalized spacial score (nSPS) is 26.2. The molecule has 3 nitrogen and oxygen atoms in total. The second kappa shape index (κ2) is 8.34. The Bertz CT molecular complexity index is 178. The molecule has 0 radical (unpaired) electrons. The predicted octanol–water partition coefficient (Wildman–Crippen LogP) is 1.44. The maximum Gasteiger partial charge on any atom is 0.0600 e. The zero-order valence-electron chi connectivity index (χ0n) is 10.9. The van der Waals surface area contributed by atoms with Gasteiger partial charge < -0.3 is 15.0 Å². The number of hydrogen-bond donors (Lipinski definition) is 1. The molecule has 0 spiro atoms. The third-order valence-electron chi connectivity index (χ3n) is 2.83. The number of nitrogens with zero attached hydrogens (tertiary/aromatic N) is 1.